The molecule has 0 saturated heterocycles. The molecule has 0 spiro atoms. The lowest BCUT2D eigenvalue weighted by molar-refractivity contribution is -0.192. The largest absolute Gasteiger partial charge is 0.490 e. The zero-order valence-corrected chi connectivity index (χ0v) is 19.7. The molecule has 1 aliphatic rings. The van der Waals surface area contributed by atoms with Crippen LogP contribution in [0.2, 0.25) is 0 Å². The van der Waals surface area contributed by atoms with Crippen LogP contribution in [-0.2, 0) is 40.5 Å². The van der Waals surface area contributed by atoms with Gasteiger partial charge in [0.2, 0.25) is 5.91 Å². The van der Waals surface area contributed by atoms with Crippen LogP contribution in [0.25, 0.3) is 0 Å². The number of carboxylic acids is 1. The van der Waals surface area contributed by atoms with Crippen molar-refractivity contribution < 1.29 is 32.6 Å². The molecule has 190 valence electrons. The van der Waals surface area contributed by atoms with Crippen LogP contribution in [0.3, 0.4) is 0 Å². The molecule has 1 atom stereocenters. The first-order chi connectivity index (χ1) is 16.0. The third-order valence-corrected chi connectivity index (χ3v) is 5.33. The van der Waals surface area contributed by atoms with Crippen LogP contribution >= 0.6 is 0 Å². The number of carbonyl (C=O) groups is 2. The van der Waals surface area contributed by atoms with Gasteiger partial charge in [0, 0.05) is 77.1 Å². The van der Waals surface area contributed by atoms with Gasteiger partial charge in [0.15, 0.2) is 0 Å². The van der Waals surface area contributed by atoms with Crippen LogP contribution in [-0.4, -0.2) is 81.2 Å². The second-order valence-electron chi connectivity index (χ2n) is 8.32. The van der Waals surface area contributed by atoms with Crippen molar-refractivity contribution >= 4 is 11.9 Å². The molecule has 12 heteroatoms. The molecular weight excluding hydrogens is 455 g/mol. The molecule has 0 bridgehead atoms. The van der Waals surface area contributed by atoms with Crippen LogP contribution in [0.4, 0.5) is 13.2 Å². The number of nitrogens with zero attached hydrogens (tertiary/aromatic N) is 5. The van der Waals surface area contributed by atoms with Crippen LogP contribution in [0.15, 0.2) is 30.7 Å². The van der Waals surface area contributed by atoms with E-state index in [-0.39, 0.29) is 12.5 Å². The SMILES string of the molecule is CCn1cc(CN2Cc3cccn3CC(CCOCC(=O)N(C)C)C2)cn1.O=C(O)C(F)(F)F. The summed E-state index contributed by atoms with van der Waals surface area (Å²) in [5.41, 5.74) is 2.60. The Bertz CT molecular complexity index is 926. The number of aryl methyl sites for hydroxylation is 1. The summed E-state index contributed by atoms with van der Waals surface area (Å²) < 4.78 is 41.7. The van der Waals surface area contributed by atoms with Crippen molar-refractivity contribution in [3.63, 3.8) is 0 Å². The van der Waals surface area contributed by atoms with Gasteiger partial charge in [0.05, 0.1) is 6.20 Å². The molecule has 0 fully saturated rings. The number of amides is 1. The van der Waals surface area contributed by atoms with Crippen LogP contribution in [0, 0.1) is 5.92 Å². The number of alkyl halides is 3. The van der Waals surface area contributed by atoms with Gasteiger partial charge in [-0.3, -0.25) is 14.4 Å². The molecule has 1 N–H and O–H groups in total. The normalized spacial score (nSPS) is 16.2. The first kappa shape index (κ1) is 27.4. The first-order valence-corrected chi connectivity index (χ1v) is 10.9. The van der Waals surface area contributed by atoms with Crippen molar-refractivity contribution in [3.05, 3.63) is 42.0 Å². The number of halogens is 3. The summed E-state index contributed by atoms with van der Waals surface area (Å²) in [6.45, 7) is 7.64. The number of aromatic nitrogens is 3. The fraction of sp³-hybridized carbons (Fsp3) is 0.591. The Morgan fingerprint density at radius 3 is 2.59 bits per heavy atom. The summed E-state index contributed by atoms with van der Waals surface area (Å²) >= 11 is 0. The molecule has 0 aromatic carbocycles. The topological polar surface area (TPSA) is 92.8 Å². The molecule has 2 aromatic heterocycles. The smallest absolute Gasteiger partial charge is 0.475 e. The molecule has 3 rings (SSSR count). The molecule has 0 radical (unpaired) electrons. The lowest BCUT2D eigenvalue weighted by Gasteiger charge is -2.23. The highest BCUT2D eigenvalue weighted by Gasteiger charge is 2.38. The third kappa shape index (κ3) is 8.82. The number of fused-ring (bicyclic) bond motifs is 1. The van der Waals surface area contributed by atoms with Crippen molar-refractivity contribution in [1.29, 1.82) is 0 Å². The quantitative estimate of drug-likeness (QED) is 0.575. The summed E-state index contributed by atoms with van der Waals surface area (Å²) in [7, 11) is 3.51. The van der Waals surface area contributed by atoms with E-state index in [1.807, 2.05) is 10.9 Å². The number of carboxylic acid groups (broad SMARTS) is 1. The molecule has 34 heavy (non-hydrogen) atoms. The highest BCUT2D eigenvalue weighted by atomic mass is 19.4. The Morgan fingerprint density at radius 1 is 1.29 bits per heavy atom. The molecule has 1 amide bonds. The zero-order valence-electron chi connectivity index (χ0n) is 19.7. The molecule has 9 nitrogen and oxygen atoms in total. The van der Waals surface area contributed by atoms with Crippen molar-refractivity contribution in [3.8, 4) is 0 Å². The second-order valence-corrected chi connectivity index (χ2v) is 8.32. The van der Waals surface area contributed by atoms with Gasteiger partial charge in [-0.15, -0.1) is 0 Å². The van der Waals surface area contributed by atoms with Gasteiger partial charge in [-0.05, 0) is 31.4 Å². The maximum atomic E-state index is 11.6. The summed E-state index contributed by atoms with van der Waals surface area (Å²) in [6.07, 6.45) is 2.13. The van der Waals surface area contributed by atoms with E-state index >= 15 is 0 Å². The van der Waals surface area contributed by atoms with E-state index in [9.17, 15) is 18.0 Å². The summed E-state index contributed by atoms with van der Waals surface area (Å²) in [5, 5.41) is 11.5. The van der Waals surface area contributed by atoms with Crippen LogP contribution in [0.5, 0.6) is 0 Å². The van der Waals surface area contributed by atoms with Gasteiger partial charge < -0.3 is 19.3 Å². The Hall–Kier alpha value is -2.86. The Morgan fingerprint density at radius 2 is 2.00 bits per heavy atom. The van der Waals surface area contributed by atoms with E-state index in [4.69, 9.17) is 14.6 Å². The fourth-order valence-corrected chi connectivity index (χ4v) is 3.53. The lowest BCUT2D eigenvalue weighted by Crippen LogP contribution is -2.29. The number of likely N-dealkylation sites (N-methyl/N-ethyl adjacent to an activating group) is 1. The van der Waals surface area contributed by atoms with Crippen molar-refractivity contribution in [2.75, 3.05) is 33.9 Å². The lowest BCUT2D eigenvalue weighted by atomic mass is 10.1. The van der Waals surface area contributed by atoms with Gasteiger partial charge in [-0.25, -0.2) is 4.79 Å². The van der Waals surface area contributed by atoms with Gasteiger partial charge >= 0.3 is 12.1 Å². The Labute approximate surface area is 196 Å². The highest BCUT2D eigenvalue weighted by Crippen LogP contribution is 2.21. The van der Waals surface area contributed by atoms with E-state index in [0.717, 1.165) is 39.1 Å². The fourth-order valence-electron chi connectivity index (χ4n) is 3.53. The monoisotopic (exact) mass is 487 g/mol. The summed E-state index contributed by atoms with van der Waals surface area (Å²) in [6, 6.07) is 4.33. The van der Waals surface area contributed by atoms with E-state index in [1.165, 1.54) is 11.3 Å². The predicted molar refractivity (Wildman–Crippen MR) is 118 cm³/mol. The number of hydrogen-bond donors (Lipinski definition) is 1. The molecule has 0 saturated carbocycles. The standard InChI is InChI=1S/C20H31N5O2.C2HF3O2/c1-4-25-14-18(10-21-25)12-23-11-17(7-9-27-16-20(26)22(2)3)13-24-8-5-6-19(24)15-23;3-2(4,5)1(6)7/h5-6,8,10,14,17H,4,7,9,11-13,15-16H2,1-3H3;(H,6,7). The minimum atomic E-state index is -5.08. The van der Waals surface area contributed by atoms with Crippen molar-refractivity contribution in [2.45, 2.75) is 45.7 Å². The minimum Gasteiger partial charge on any atom is -0.475 e. The zero-order chi connectivity index (χ0) is 25.3. The van der Waals surface area contributed by atoms with E-state index in [2.05, 4.69) is 46.0 Å². The number of hydrogen-bond acceptors (Lipinski definition) is 5. The number of aliphatic carboxylic acids is 1. The predicted octanol–water partition coefficient (Wildman–Crippen LogP) is 2.46. The van der Waals surface area contributed by atoms with Gasteiger partial charge in [-0.2, -0.15) is 18.3 Å². The van der Waals surface area contributed by atoms with Crippen molar-refractivity contribution in [1.82, 2.24) is 24.1 Å². The maximum absolute atomic E-state index is 11.6. The molecule has 0 aliphatic carbocycles. The summed E-state index contributed by atoms with van der Waals surface area (Å²) in [4.78, 5) is 24.6. The van der Waals surface area contributed by atoms with Gasteiger partial charge in [0.25, 0.3) is 0 Å². The summed E-state index contributed by atoms with van der Waals surface area (Å²) in [5.74, 6) is -2.25. The number of ether oxygens (including phenoxy) is 1. The molecule has 2 aromatic rings. The molecule has 3 heterocycles. The van der Waals surface area contributed by atoms with E-state index in [0.29, 0.717) is 12.5 Å². The molecular formula is C22H32F3N5O4. The highest BCUT2D eigenvalue weighted by molar-refractivity contribution is 5.76. The average molecular weight is 488 g/mol. The third-order valence-electron chi connectivity index (χ3n) is 5.33. The number of carbonyl (C=O) groups excluding carboxylic acids is 1. The Balaban J connectivity index is 0.000000509. The Kier molecular flexibility index (Phi) is 10.1. The molecule has 1 unspecified atom stereocenters. The van der Waals surface area contributed by atoms with Gasteiger partial charge in [0.1, 0.15) is 6.61 Å². The second kappa shape index (κ2) is 12.6. The minimum absolute atomic E-state index is 0.0122. The average Bonchev–Trinajstić information content (AvgIpc) is 3.36. The van der Waals surface area contributed by atoms with Crippen LogP contribution in [0.1, 0.15) is 24.6 Å². The van der Waals surface area contributed by atoms with E-state index in [1.54, 1.807) is 19.0 Å². The maximum Gasteiger partial charge on any atom is 0.490 e. The molecule has 1 aliphatic heterocycles. The van der Waals surface area contributed by atoms with Crippen LogP contribution < -0.4 is 0 Å². The van der Waals surface area contributed by atoms with Gasteiger partial charge in [-0.1, -0.05) is 0 Å². The number of rotatable bonds is 8. The first-order valence-electron chi connectivity index (χ1n) is 10.9. The van der Waals surface area contributed by atoms with E-state index < -0.39 is 12.1 Å². The van der Waals surface area contributed by atoms with Crippen molar-refractivity contribution in [2.24, 2.45) is 5.92 Å².